The lowest BCUT2D eigenvalue weighted by atomic mass is 9.86. The van der Waals surface area contributed by atoms with E-state index in [4.69, 9.17) is 0 Å². The molecule has 3 N–H and O–H groups in total. The van der Waals surface area contributed by atoms with Crippen molar-refractivity contribution in [3.8, 4) is 0 Å². The molecule has 0 saturated heterocycles. The number of quaternary nitrogens is 1. The Morgan fingerprint density at radius 3 is 2.31 bits per heavy atom. The fraction of sp³-hybridized carbons (Fsp3) is 0.235. The number of imidazole rings is 1. The Balaban J connectivity index is 1.83. The molecule has 0 amide bonds. The molecule has 9 heteroatoms. The van der Waals surface area contributed by atoms with Gasteiger partial charge in [-0.2, -0.15) is 0 Å². The van der Waals surface area contributed by atoms with Gasteiger partial charge < -0.3 is 10.3 Å². The zero-order chi connectivity index (χ0) is 18.7. The lowest BCUT2D eigenvalue weighted by Gasteiger charge is -2.28. The summed E-state index contributed by atoms with van der Waals surface area (Å²) in [6, 6.07) is 1.57. The first-order valence-corrected chi connectivity index (χ1v) is 7.78. The first-order chi connectivity index (χ1) is 12.3. The standard InChI is InChI=1S/C17H11F6N3/c18-8-3-10(20)9(19)1-6(8)7-2-14-25-17-13(26(14)5-12(7)24)4-11(21)15(22)16(17)23/h1,3-4,7,12H,2,5,24H2/p+1/t7-,12+/m1/s1. The van der Waals surface area contributed by atoms with Gasteiger partial charge >= 0.3 is 0 Å². The van der Waals surface area contributed by atoms with Gasteiger partial charge in [0.15, 0.2) is 29.1 Å². The van der Waals surface area contributed by atoms with E-state index in [1.54, 1.807) is 0 Å². The minimum atomic E-state index is -1.62. The van der Waals surface area contributed by atoms with Crippen molar-refractivity contribution in [2.45, 2.75) is 24.9 Å². The second-order valence-corrected chi connectivity index (χ2v) is 6.35. The Kier molecular flexibility index (Phi) is 3.72. The van der Waals surface area contributed by atoms with Gasteiger partial charge in [0, 0.05) is 30.0 Å². The Morgan fingerprint density at radius 1 is 0.885 bits per heavy atom. The summed E-state index contributed by atoms with van der Waals surface area (Å²) in [5.41, 5.74) is 3.56. The van der Waals surface area contributed by atoms with Crippen LogP contribution in [-0.2, 0) is 13.0 Å². The first-order valence-electron chi connectivity index (χ1n) is 7.78. The van der Waals surface area contributed by atoms with Crippen LogP contribution in [0.3, 0.4) is 0 Å². The number of hydrogen-bond acceptors (Lipinski definition) is 1. The third-order valence-electron chi connectivity index (χ3n) is 4.79. The number of benzene rings is 2. The number of halogens is 6. The lowest BCUT2D eigenvalue weighted by Crippen LogP contribution is -2.67. The zero-order valence-electron chi connectivity index (χ0n) is 13.2. The van der Waals surface area contributed by atoms with E-state index in [9.17, 15) is 26.3 Å². The molecule has 2 aromatic carbocycles. The molecule has 0 spiro atoms. The van der Waals surface area contributed by atoms with Crippen LogP contribution in [0.25, 0.3) is 11.0 Å². The van der Waals surface area contributed by atoms with Crippen molar-refractivity contribution in [1.29, 1.82) is 0 Å². The summed E-state index contributed by atoms with van der Waals surface area (Å²) < 4.78 is 83.2. The third kappa shape index (κ3) is 2.38. The fourth-order valence-corrected chi connectivity index (χ4v) is 3.48. The first kappa shape index (κ1) is 16.9. The molecule has 1 aromatic heterocycles. The molecule has 1 aliphatic rings. The van der Waals surface area contributed by atoms with Crippen LogP contribution in [0.1, 0.15) is 17.3 Å². The van der Waals surface area contributed by atoms with E-state index in [1.165, 1.54) is 4.57 Å². The lowest BCUT2D eigenvalue weighted by molar-refractivity contribution is -0.430. The fourth-order valence-electron chi connectivity index (χ4n) is 3.48. The molecule has 0 radical (unpaired) electrons. The van der Waals surface area contributed by atoms with Gasteiger partial charge in [0.05, 0.1) is 12.1 Å². The van der Waals surface area contributed by atoms with E-state index < -0.39 is 46.9 Å². The van der Waals surface area contributed by atoms with Crippen LogP contribution >= 0.6 is 0 Å². The summed E-state index contributed by atoms with van der Waals surface area (Å²) in [5, 5.41) is 0. The molecule has 4 rings (SSSR count). The van der Waals surface area contributed by atoms with E-state index in [2.05, 4.69) is 10.7 Å². The molecule has 2 heterocycles. The summed E-state index contributed by atoms with van der Waals surface area (Å²) in [4.78, 5) is 4.00. The smallest absolute Gasteiger partial charge is 0.196 e. The second-order valence-electron chi connectivity index (χ2n) is 6.35. The molecule has 136 valence electrons. The van der Waals surface area contributed by atoms with Crippen LogP contribution in [0.4, 0.5) is 26.3 Å². The average Bonchev–Trinajstić information content (AvgIpc) is 2.93. The summed E-state index contributed by atoms with van der Waals surface area (Å²) in [7, 11) is 0. The Hall–Kier alpha value is -2.55. The van der Waals surface area contributed by atoms with Crippen LogP contribution in [0.15, 0.2) is 18.2 Å². The number of hydrogen-bond donors (Lipinski definition) is 1. The summed E-state index contributed by atoms with van der Waals surface area (Å²) in [6.07, 6.45) is 0.0352. The molecule has 0 unspecified atom stereocenters. The molecular weight excluding hydrogens is 360 g/mol. The minimum Gasteiger partial charge on any atom is -0.353 e. The maximum atomic E-state index is 14.1. The summed E-state index contributed by atoms with van der Waals surface area (Å²) >= 11 is 0. The monoisotopic (exact) mass is 372 g/mol. The highest BCUT2D eigenvalue weighted by Crippen LogP contribution is 2.34. The van der Waals surface area contributed by atoms with Gasteiger partial charge in [0.25, 0.3) is 0 Å². The molecule has 0 fully saturated rings. The van der Waals surface area contributed by atoms with Crippen LogP contribution in [0, 0.1) is 34.9 Å². The molecule has 0 aliphatic carbocycles. The van der Waals surface area contributed by atoms with Gasteiger partial charge in [0.2, 0.25) is 0 Å². The van der Waals surface area contributed by atoms with Crippen LogP contribution < -0.4 is 5.73 Å². The van der Waals surface area contributed by atoms with Crippen molar-refractivity contribution in [1.82, 2.24) is 9.55 Å². The van der Waals surface area contributed by atoms with E-state index in [0.717, 1.165) is 12.1 Å². The molecule has 3 nitrogen and oxygen atoms in total. The minimum absolute atomic E-state index is 0.0352. The Labute approximate surface area is 143 Å². The third-order valence-corrected chi connectivity index (χ3v) is 4.79. The number of aromatic nitrogens is 2. The summed E-state index contributed by atoms with van der Waals surface area (Å²) in [6.45, 7) is 0.111. The van der Waals surface area contributed by atoms with Crippen molar-refractivity contribution < 1.29 is 32.1 Å². The van der Waals surface area contributed by atoms with Gasteiger partial charge in [0.1, 0.15) is 23.2 Å². The topological polar surface area (TPSA) is 45.5 Å². The van der Waals surface area contributed by atoms with Gasteiger partial charge in [-0.25, -0.2) is 31.3 Å². The van der Waals surface area contributed by atoms with Crippen molar-refractivity contribution in [2.75, 3.05) is 0 Å². The molecule has 3 aromatic rings. The largest absolute Gasteiger partial charge is 0.353 e. The predicted molar refractivity (Wildman–Crippen MR) is 79.0 cm³/mol. The van der Waals surface area contributed by atoms with Crippen LogP contribution in [0.2, 0.25) is 0 Å². The Morgan fingerprint density at radius 2 is 1.58 bits per heavy atom. The number of fused-ring (bicyclic) bond motifs is 3. The normalized spacial score (nSPS) is 19.8. The average molecular weight is 372 g/mol. The van der Waals surface area contributed by atoms with Gasteiger partial charge in [-0.15, -0.1) is 0 Å². The van der Waals surface area contributed by atoms with Crippen LogP contribution in [0.5, 0.6) is 0 Å². The molecule has 26 heavy (non-hydrogen) atoms. The molecule has 0 bridgehead atoms. The molecule has 2 atom stereocenters. The summed E-state index contributed by atoms with van der Waals surface area (Å²) in [5.74, 6) is -8.17. The van der Waals surface area contributed by atoms with E-state index in [0.29, 0.717) is 6.07 Å². The van der Waals surface area contributed by atoms with E-state index in [-0.39, 0.29) is 35.4 Å². The molecular formula is C17H12F6N3+. The second kappa shape index (κ2) is 5.73. The number of nitrogens with zero attached hydrogens (tertiary/aromatic N) is 2. The van der Waals surface area contributed by atoms with Crippen molar-refractivity contribution in [3.63, 3.8) is 0 Å². The van der Waals surface area contributed by atoms with Gasteiger partial charge in [-0.1, -0.05) is 0 Å². The van der Waals surface area contributed by atoms with Crippen molar-refractivity contribution >= 4 is 11.0 Å². The molecule has 0 saturated carbocycles. The van der Waals surface area contributed by atoms with Gasteiger partial charge in [-0.3, -0.25) is 0 Å². The van der Waals surface area contributed by atoms with Crippen molar-refractivity contribution in [3.05, 3.63) is 64.5 Å². The predicted octanol–water partition coefficient (Wildman–Crippen LogP) is 2.82. The maximum absolute atomic E-state index is 14.1. The quantitative estimate of drug-likeness (QED) is 0.399. The van der Waals surface area contributed by atoms with Crippen molar-refractivity contribution in [2.24, 2.45) is 0 Å². The van der Waals surface area contributed by atoms with E-state index in [1.807, 2.05) is 0 Å². The highest BCUT2D eigenvalue weighted by molar-refractivity contribution is 5.77. The van der Waals surface area contributed by atoms with E-state index >= 15 is 0 Å². The maximum Gasteiger partial charge on any atom is 0.196 e. The SMILES string of the molecule is [NH3+][C@H]1Cn2c(nc3c(F)c(F)c(F)cc32)C[C@@H]1c1cc(F)c(F)cc1F. The Bertz CT molecular complexity index is 1050. The van der Waals surface area contributed by atoms with Crippen LogP contribution in [-0.4, -0.2) is 15.6 Å². The highest BCUT2D eigenvalue weighted by atomic mass is 19.2. The number of rotatable bonds is 1. The molecule has 1 aliphatic heterocycles. The highest BCUT2D eigenvalue weighted by Gasteiger charge is 2.35. The zero-order valence-corrected chi connectivity index (χ0v) is 13.2. The van der Waals surface area contributed by atoms with Gasteiger partial charge in [-0.05, 0) is 6.07 Å².